The van der Waals surface area contributed by atoms with Crippen LogP contribution in [-0.2, 0) is 9.53 Å². The molecule has 0 saturated carbocycles. The number of benzene rings is 1. The van der Waals surface area contributed by atoms with Crippen molar-refractivity contribution in [2.45, 2.75) is 33.1 Å². The van der Waals surface area contributed by atoms with E-state index in [0.29, 0.717) is 75.2 Å². The quantitative estimate of drug-likeness (QED) is 0.611. The number of piperidine rings is 1. The molecule has 2 fully saturated rings. The fraction of sp³-hybridized carbons (Fsp3) is 0.542. The van der Waals surface area contributed by atoms with E-state index >= 15 is 0 Å². The van der Waals surface area contributed by atoms with E-state index in [2.05, 4.69) is 4.98 Å². The summed E-state index contributed by atoms with van der Waals surface area (Å²) in [5, 5.41) is 1.55. The minimum atomic E-state index is -0.329. The van der Waals surface area contributed by atoms with Crippen molar-refractivity contribution in [3.8, 4) is 5.75 Å². The van der Waals surface area contributed by atoms with Crippen molar-refractivity contribution in [2.24, 2.45) is 5.41 Å². The van der Waals surface area contributed by atoms with Crippen molar-refractivity contribution in [2.75, 3.05) is 46.0 Å². The average molecular weight is 492 g/mol. The van der Waals surface area contributed by atoms with Crippen LogP contribution in [0.4, 0.5) is 0 Å². The molecule has 0 aliphatic carbocycles. The first-order chi connectivity index (χ1) is 15.8. The van der Waals surface area contributed by atoms with Gasteiger partial charge in [0.05, 0.1) is 30.5 Å². The number of aryl methyl sites for hydroxylation is 2. The van der Waals surface area contributed by atoms with Crippen LogP contribution in [0.2, 0.25) is 5.02 Å². The third-order valence-corrected chi connectivity index (χ3v) is 7.77. The van der Waals surface area contributed by atoms with Crippen LogP contribution in [-0.4, -0.2) is 72.6 Å². The topological polar surface area (TPSA) is 72.0 Å². The number of thiazole rings is 1. The second-order valence-corrected chi connectivity index (χ2v) is 10.5. The Hall–Kier alpha value is -2.16. The molecule has 2 saturated heterocycles. The molecule has 0 unspecified atom stereocenters. The van der Waals surface area contributed by atoms with Gasteiger partial charge in [-0.1, -0.05) is 11.6 Å². The van der Waals surface area contributed by atoms with Crippen LogP contribution >= 0.6 is 22.9 Å². The van der Waals surface area contributed by atoms with Gasteiger partial charge < -0.3 is 19.3 Å². The second kappa shape index (κ2) is 10.4. The van der Waals surface area contributed by atoms with E-state index in [1.54, 1.807) is 12.1 Å². The van der Waals surface area contributed by atoms with Crippen molar-refractivity contribution in [1.29, 1.82) is 0 Å². The zero-order valence-corrected chi connectivity index (χ0v) is 20.7. The Morgan fingerprint density at radius 3 is 2.36 bits per heavy atom. The standard InChI is InChI=1S/C24H30ClN3O4S/c1-17-22(33-18(2)26-17)23(30)28-9-7-24(8-10-28,15-21(29)27-11-13-31-14-12-27)16-32-20-5-3-19(25)4-6-20/h3-6H,7-16H2,1-2H3. The summed E-state index contributed by atoms with van der Waals surface area (Å²) in [7, 11) is 0. The highest BCUT2D eigenvalue weighted by Gasteiger charge is 2.40. The summed E-state index contributed by atoms with van der Waals surface area (Å²) >= 11 is 7.44. The zero-order valence-electron chi connectivity index (χ0n) is 19.1. The maximum absolute atomic E-state index is 13.1. The van der Waals surface area contributed by atoms with Crippen LogP contribution in [0, 0.1) is 19.3 Å². The highest BCUT2D eigenvalue weighted by Crippen LogP contribution is 2.37. The Labute approximate surface area is 203 Å². The number of nitrogens with zero attached hydrogens (tertiary/aromatic N) is 3. The Kier molecular flexibility index (Phi) is 7.56. The smallest absolute Gasteiger partial charge is 0.265 e. The lowest BCUT2D eigenvalue weighted by Gasteiger charge is -2.42. The molecule has 2 aliphatic heterocycles. The molecule has 0 atom stereocenters. The van der Waals surface area contributed by atoms with Crippen LogP contribution in [0.25, 0.3) is 0 Å². The summed E-state index contributed by atoms with van der Waals surface area (Å²) in [4.78, 5) is 35.1. The number of hydrogen-bond donors (Lipinski definition) is 0. The van der Waals surface area contributed by atoms with Crippen LogP contribution in [0.1, 0.15) is 39.6 Å². The lowest BCUT2D eigenvalue weighted by atomic mass is 9.75. The lowest BCUT2D eigenvalue weighted by molar-refractivity contribution is -0.139. The van der Waals surface area contributed by atoms with Gasteiger partial charge in [-0.05, 0) is 51.0 Å². The van der Waals surface area contributed by atoms with Gasteiger partial charge in [0.15, 0.2) is 0 Å². The van der Waals surface area contributed by atoms with E-state index in [-0.39, 0.29) is 17.2 Å². The molecule has 33 heavy (non-hydrogen) atoms. The van der Waals surface area contributed by atoms with E-state index in [0.717, 1.165) is 16.5 Å². The van der Waals surface area contributed by atoms with Crippen molar-refractivity contribution in [1.82, 2.24) is 14.8 Å². The molecule has 1 aromatic heterocycles. The van der Waals surface area contributed by atoms with Crippen molar-refractivity contribution in [3.63, 3.8) is 0 Å². The van der Waals surface area contributed by atoms with Gasteiger partial charge in [0.2, 0.25) is 5.91 Å². The van der Waals surface area contributed by atoms with E-state index < -0.39 is 0 Å². The third-order valence-electron chi connectivity index (χ3n) is 6.46. The van der Waals surface area contributed by atoms with Gasteiger partial charge in [0.25, 0.3) is 5.91 Å². The number of aromatic nitrogens is 1. The molecule has 2 amide bonds. The third kappa shape index (κ3) is 5.86. The molecule has 3 heterocycles. The number of likely N-dealkylation sites (tertiary alicyclic amines) is 1. The molecule has 9 heteroatoms. The summed E-state index contributed by atoms with van der Waals surface area (Å²) in [6.45, 7) is 7.82. The molecule has 4 rings (SSSR count). The minimum Gasteiger partial charge on any atom is -0.493 e. The van der Waals surface area contributed by atoms with Gasteiger partial charge in [-0.25, -0.2) is 4.98 Å². The van der Waals surface area contributed by atoms with Gasteiger partial charge in [-0.3, -0.25) is 9.59 Å². The molecule has 1 aromatic carbocycles. The molecule has 0 radical (unpaired) electrons. The molecular weight excluding hydrogens is 462 g/mol. The molecule has 0 bridgehead atoms. The largest absolute Gasteiger partial charge is 0.493 e. The number of amides is 2. The van der Waals surface area contributed by atoms with Crippen LogP contribution < -0.4 is 4.74 Å². The maximum Gasteiger partial charge on any atom is 0.265 e. The Morgan fingerprint density at radius 2 is 1.76 bits per heavy atom. The summed E-state index contributed by atoms with van der Waals surface area (Å²) in [5.41, 5.74) is 0.456. The first kappa shape index (κ1) is 24.0. The van der Waals surface area contributed by atoms with Crippen molar-refractivity contribution < 1.29 is 19.1 Å². The molecule has 2 aromatic rings. The normalized spacial score (nSPS) is 18.3. The number of ether oxygens (including phenoxy) is 2. The summed E-state index contributed by atoms with van der Waals surface area (Å²) in [6, 6.07) is 7.27. The summed E-state index contributed by atoms with van der Waals surface area (Å²) < 4.78 is 11.5. The average Bonchev–Trinajstić information content (AvgIpc) is 3.17. The molecular formula is C24H30ClN3O4S. The number of halogens is 1. The first-order valence-corrected chi connectivity index (χ1v) is 12.5. The monoisotopic (exact) mass is 491 g/mol. The van der Waals surface area contributed by atoms with Crippen LogP contribution in [0.15, 0.2) is 24.3 Å². The highest BCUT2D eigenvalue weighted by atomic mass is 35.5. The van der Waals surface area contributed by atoms with Crippen LogP contribution in [0.3, 0.4) is 0 Å². The molecule has 178 valence electrons. The molecule has 0 N–H and O–H groups in total. The fourth-order valence-corrected chi connectivity index (χ4v) is 5.46. The van der Waals surface area contributed by atoms with E-state index in [9.17, 15) is 9.59 Å². The number of morpholine rings is 1. The van der Waals surface area contributed by atoms with Gasteiger partial charge in [-0.15, -0.1) is 11.3 Å². The van der Waals surface area contributed by atoms with E-state index in [1.807, 2.05) is 35.8 Å². The van der Waals surface area contributed by atoms with Crippen molar-refractivity contribution >= 4 is 34.8 Å². The number of carbonyl (C=O) groups excluding carboxylic acids is 2. The highest BCUT2D eigenvalue weighted by molar-refractivity contribution is 7.13. The predicted molar refractivity (Wildman–Crippen MR) is 128 cm³/mol. The SMILES string of the molecule is Cc1nc(C)c(C(=O)N2CCC(COc3ccc(Cl)cc3)(CC(=O)N3CCOCC3)CC2)s1. The van der Waals surface area contributed by atoms with E-state index in [4.69, 9.17) is 21.1 Å². The Balaban J connectivity index is 1.45. The maximum atomic E-state index is 13.1. The van der Waals surface area contributed by atoms with E-state index in [1.165, 1.54) is 11.3 Å². The predicted octanol–water partition coefficient (Wildman–Crippen LogP) is 3.96. The first-order valence-electron chi connectivity index (χ1n) is 11.3. The summed E-state index contributed by atoms with van der Waals surface area (Å²) in [5.74, 6) is 0.892. The van der Waals surface area contributed by atoms with Gasteiger partial charge >= 0.3 is 0 Å². The van der Waals surface area contributed by atoms with Gasteiger partial charge in [0, 0.05) is 43.0 Å². The van der Waals surface area contributed by atoms with Crippen LogP contribution in [0.5, 0.6) is 5.75 Å². The number of carbonyl (C=O) groups is 2. The Morgan fingerprint density at radius 1 is 1.09 bits per heavy atom. The molecule has 7 nitrogen and oxygen atoms in total. The van der Waals surface area contributed by atoms with Gasteiger partial charge in [0.1, 0.15) is 10.6 Å². The Bertz CT molecular complexity index is 980. The minimum absolute atomic E-state index is 0.0322. The zero-order chi connectivity index (χ0) is 23.4. The number of rotatable bonds is 6. The number of hydrogen-bond acceptors (Lipinski definition) is 6. The molecule has 0 spiro atoms. The van der Waals surface area contributed by atoms with Crippen molar-refractivity contribution in [3.05, 3.63) is 44.9 Å². The van der Waals surface area contributed by atoms with Gasteiger partial charge in [-0.2, -0.15) is 0 Å². The molecule has 2 aliphatic rings. The summed E-state index contributed by atoms with van der Waals surface area (Å²) in [6.07, 6.45) is 1.82. The fourth-order valence-electron chi connectivity index (χ4n) is 4.44. The lowest BCUT2D eigenvalue weighted by Crippen LogP contribution is -2.49. The second-order valence-electron chi connectivity index (χ2n) is 8.85.